The second-order valence-corrected chi connectivity index (χ2v) is 12.7. The van der Waals surface area contributed by atoms with Crippen molar-refractivity contribution in [3.63, 3.8) is 0 Å². The number of unbranched alkanes of at least 4 members (excludes halogenated alkanes) is 1. The van der Waals surface area contributed by atoms with Crippen LogP contribution < -0.4 is 10.6 Å². The lowest BCUT2D eigenvalue weighted by atomic mass is 9.74. The van der Waals surface area contributed by atoms with Crippen LogP contribution in [0.15, 0.2) is 0 Å². The summed E-state index contributed by atoms with van der Waals surface area (Å²) in [6.07, 6.45) is 7.24. The highest BCUT2D eigenvalue weighted by Gasteiger charge is 2.43. The minimum atomic E-state index is 0.135. The summed E-state index contributed by atoms with van der Waals surface area (Å²) in [5, 5.41) is 7.72. The molecule has 30 heavy (non-hydrogen) atoms. The van der Waals surface area contributed by atoms with Gasteiger partial charge in [-0.1, -0.05) is 27.7 Å². The molecule has 4 atom stereocenters. The second-order valence-electron chi connectivity index (χ2n) is 12.7. The normalized spacial score (nSPS) is 36.4. The summed E-state index contributed by atoms with van der Waals surface area (Å²) in [6, 6.07) is 0. The van der Waals surface area contributed by atoms with Crippen molar-refractivity contribution in [3.05, 3.63) is 0 Å². The van der Waals surface area contributed by atoms with Crippen molar-refractivity contribution in [1.82, 2.24) is 10.6 Å². The maximum atomic E-state index is 6.35. The predicted molar refractivity (Wildman–Crippen MR) is 128 cm³/mol. The van der Waals surface area contributed by atoms with E-state index in [1.807, 2.05) is 0 Å². The molecule has 0 aromatic heterocycles. The van der Waals surface area contributed by atoms with Crippen LogP contribution in [-0.4, -0.2) is 47.6 Å². The van der Waals surface area contributed by atoms with Gasteiger partial charge in [0.15, 0.2) is 0 Å². The van der Waals surface area contributed by atoms with Gasteiger partial charge in [0.25, 0.3) is 0 Å². The Morgan fingerprint density at radius 2 is 0.967 bits per heavy atom. The molecule has 2 saturated heterocycles. The maximum absolute atomic E-state index is 6.35. The Labute approximate surface area is 187 Å². The standard InChI is InChI=1S/C26H52N2O2/c1-19(2)25(9)17-21(15-23(5,6)27-25)29-13-11-12-14-30-22-16-24(7,8)28-26(10,18-22)20(3)4/h19-22,27-28H,11-18H2,1-10H3. The van der Waals surface area contributed by atoms with Crippen molar-refractivity contribution in [2.24, 2.45) is 11.8 Å². The van der Waals surface area contributed by atoms with E-state index >= 15 is 0 Å². The van der Waals surface area contributed by atoms with Gasteiger partial charge in [0.05, 0.1) is 12.2 Å². The Hall–Kier alpha value is -0.160. The van der Waals surface area contributed by atoms with E-state index in [2.05, 4.69) is 79.9 Å². The third-order valence-electron chi connectivity index (χ3n) is 7.82. The van der Waals surface area contributed by atoms with E-state index in [9.17, 15) is 0 Å². The molecule has 2 fully saturated rings. The molecule has 0 aromatic rings. The smallest absolute Gasteiger partial charge is 0.0610 e. The van der Waals surface area contributed by atoms with E-state index in [1.54, 1.807) is 0 Å². The second kappa shape index (κ2) is 9.77. The van der Waals surface area contributed by atoms with E-state index in [0.29, 0.717) is 24.0 Å². The van der Waals surface area contributed by atoms with Crippen LogP contribution in [0.4, 0.5) is 0 Å². The zero-order chi connectivity index (χ0) is 22.8. The third kappa shape index (κ3) is 7.18. The Kier molecular flexibility index (Phi) is 8.50. The first-order valence-corrected chi connectivity index (χ1v) is 12.5. The van der Waals surface area contributed by atoms with Gasteiger partial charge in [-0.15, -0.1) is 0 Å². The molecule has 0 amide bonds. The first-order valence-electron chi connectivity index (χ1n) is 12.5. The average Bonchev–Trinajstić information content (AvgIpc) is 2.54. The lowest BCUT2D eigenvalue weighted by Crippen LogP contribution is -2.63. The quantitative estimate of drug-likeness (QED) is 0.467. The molecular weight excluding hydrogens is 372 g/mol. The summed E-state index contributed by atoms with van der Waals surface area (Å²) in [6.45, 7) is 24.9. The van der Waals surface area contributed by atoms with Crippen LogP contribution in [0.3, 0.4) is 0 Å². The Morgan fingerprint density at radius 3 is 1.27 bits per heavy atom. The molecule has 2 N–H and O–H groups in total. The molecular formula is C26H52N2O2. The van der Waals surface area contributed by atoms with E-state index in [1.165, 1.54) is 0 Å². The molecule has 2 aliphatic rings. The highest BCUT2D eigenvalue weighted by molar-refractivity contribution is 5.02. The van der Waals surface area contributed by atoms with Gasteiger partial charge in [0.2, 0.25) is 0 Å². The van der Waals surface area contributed by atoms with Gasteiger partial charge >= 0.3 is 0 Å². The lowest BCUT2D eigenvalue weighted by Gasteiger charge is -2.50. The third-order valence-corrected chi connectivity index (χ3v) is 7.82. The van der Waals surface area contributed by atoms with Crippen molar-refractivity contribution in [2.45, 2.75) is 142 Å². The largest absolute Gasteiger partial charge is 0.378 e. The molecule has 0 bridgehead atoms. The van der Waals surface area contributed by atoms with Gasteiger partial charge in [-0.2, -0.15) is 0 Å². The molecule has 178 valence electrons. The zero-order valence-corrected chi connectivity index (χ0v) is 21.8. The summed E-state index contributed by atoms with van der Waals surface area (Å²) >= 11 is 0. The minimum Gasteiger partial charge on any atom is -0.378 e. The average molecular weight is 425 g/mol. The molecule has 0 saturated carbocycles. The van der Waals surface area contributed by atoms with Crippen LogP contribution in [0.2, 0.25) is 0 Å². The van der Waals surface area contributed by atoms with Crippen LogP contribution in [0.5, 0.6) is 0 Å². The molecule has 2 heterocycles. The fourth-order valence-electron chi connectivity index (χ4n) is 5.68. The van der Waals surface area contributed by atoms with Crippen molar-refractivity contribution in [3.8, 4) is 0 Å². The Bertz CT molecular complexity index is 497. The van der Waals surface area contributed by atoms with Gasteiger partial charge in [-0.3, -0.25) is 0 Å². The molecule has 0 aromatic carbocycles. The number of rotatable bonds is 9. The van der Waals surface area contributed by atoms with Gasteiger partial charge in [0, 0.05) is 35.4 Å². The highest BCUT2D eigenvalue weighted by Crippen LogP contribution is 2.36. The molecule has 0 spiro atoms. The fourth-order valence-corrected chi connectivity index (χ4v) is 5.68. The number of nitrogens with one attached hydrogen (secondary N) is 2. The molecule has 4 unspecified atom stereocenters. The molecule has 4 nitrogen and oxygen atoms in total. The first-order chi connectivity index (χ1) is 13.7. The summed E-state index contributed by atoms with van der Waals surface area (Å²) in [5.41, 5.74) is 0.576. The van der Waals surface area contributed by atoms with Crippen LogP contribution >= 0.6 is 0 Å². The highest BCUT2D eigenvalue weighted by atomic mass is 16.5. The topological polar surface area (TPSA) is 42.5 Å². The number of hydrogen-bond acceptors (Lipinski definition) is 4. The van der Waals surface area contributed by atoms with Gasteiger partial charge in [-0.05, 0) is 91.9 Å². The minimum absolute atomic E-state index is 0.135. The molecule has 4 heteroatoms. The number of ether oxygens (including phenoxy) is 2. The fraction of sp³-hybridized carbons (Fsp3) is 1.00. The van der Waals surface area contributed by atoms with Crippen molar-refractivity contribution in [1.29, 1.82) is 0 Å². The van der Waals surface area contributed by atoms with Gasteiger partial charge < -0.3 is 20.1 Å². The van der Waals surface area contributed by atoms with Crippen LogP contribution in [-0.2, 0) is 9.47 Å². The predicted octanol–water partition coefficient (Wildman–Crippen LogP) is 5.69. The first kappa shape index (κ1) is 26.1. The van der Waals surface area contributed by atoms with Crippen LogP contribution in [0.1, 0.15) is 108 Å². The van der Waals surface area contributed by atoms with E-state index in [4.69, 9.17) is 9.47 Å². The van der Waals surface area contributed by atoms with Crippen molar-refractivity contribution >= 4 is 0 Å². The van der Waals surface area contributed by atoms with Crippen LogP contribution in [0, 0.1) is 11.8 Å². The summed E-state index contributed by atoms with van der Waals surface area (Å²) < 4.78 is 12.7. The molecule has 2 aliphatic heterocycles. The van der Waals surface area contributed by atoms with Gasteiger partial charge in [-0.25, -0.2) is 0 Å². The summed E-state index contributed by atoms with van der Waals surface area (Å²) in [4.78, 5) is 0. The van der Waals surface area contributed by atoms with E-state index in [-0.39, 0.29) is 22.2 Å². The molecule has 2 rings (SSSR count). The maximum Gasteiger partial charge on any atom is 0.0610 e. The lowest BCUT2D eigenvalue weighted by molar-refractivity contribution is -0.0490. The number of piperidine rings is 2. The summed E-state index contributed by atoms with van der Waals surface area (Å²) in [5.74, 6) is 1.20. The Morgan fingerprint density at radius 1 is 0.633 bits per heavy atom. The SMILES string of the molecule is CC(C)C1(C)CC(OCCCCOC2CC(C)(C)NC(C)(C(C)C)C2)CC(C)(C)N1. The van der Waals surface area contributed by atoms with Crippen molar-refractivity contribution in [2.75, 3.05) is 13.2 Å². The number of hydrogen-bond donors (Lipinski definition) is 2. The molecule has 0 aliphatic carbocycles. The summed E-state index contributed by atoms with van der Waals surface area (Å²) in [7, 11) is 0. The molecule has 0 radical (unpaired) electrons. The van der Waals surface area contributed by atoms with E-state index in [0.717, 1.165) is 51.7 Å². The van der Waals surface area contributed by atoms with E-state index < -0.39 is 0 Å². The monoisotopic (exact) mass is 424 g/mol. The Balaban J connectivity index is 1.72. The zero-order valence-electron chi connectivity index (χ0n) is 21.8. The van der Waals surface area contributed by atoms with Crippen molar-refractivity contribution < 1.29 is 9.47 Å². The van der Waals surface area contributed by atoms with Crippen LogP contribution in [0.25, 0.3) is 0 Å². The van der Waals surface area contributed by atoms with Gasteiger partial charge in [0.1, 0.15) is 0 Å².